The molecule has 126 valence electrons. The van der Waals surface area contributed by atoms with Crippen molar-refractivity contribution < 1.29 is 9.53 Å². The summed E-state index contributed by atoms with van der Waals surface area (Å²) in [7, 11) is 1.35. The zero-order chi connectivity index (χ0) is 17.6. The van der Waals surface area contributed by atoms with Gasteiger partial charge in [-0.25, -0.2) is 9.78 Å². The molecule has 3 rings (SSSR count). The van der Waals surface area contributed by atoms with E-state index in [1.165, 1.54) is 12.7 Å². The minimum atomic E-state index is -0.407. The number of carbonyl (C=O) groups is 1. The smallest absolute Gasteiger partial charge is 0.339 e. The number of benzene rings is 2. The van der Waals surface area contributed by atoms with Crippen LogP contribution >= 0.6 is 0 Å². The third-order valence-corrected chi connectivity index (χ3v) is 3.56. The van der Waals surface area contributed by atoms with E-state index in [4.69, 9.17) is 4.74 Å². The number of hydrogen-bond donors (Lipinski definition) is 2. The van der Waals surface area contributed by atoms with Crippen LogP contribution in [0.5, 0.6) is 0 Å². The van der Waals surface area contributed by atoms with Gasteiger partial charge >= 0.3 is 5.97 Å². The summed E-state index contributed by atoms with van der Waals surface area (Å²) >= 11 is 0. The zero-order valence-electron chi connectivity index (χ0n) is 14.0. The van der Waals surface area contributed by atoms with E-state index in [9.17, 15) is 4.79 Å². The van der Waals surface area contributed by atoms with E-state index in [0.717, 1.165) is 5.69 Å². The number of nitrogens with zero attached hydrogens (tertiary/aromatic N) is 2. The van der Waals surface area contributed by atoms with Crippen LogP contribution in [-0.4, -0.2) is 23.0 Å². The summed E-state index contributed by atoms with van der Waals surface area (Å²) in [5, 5.41) is 6.28. The average molecular weight is 334 g/mol. The summed E-state index contributed by atoms with van der Waals surface area (Å²) in [4.78, 5) is 20.5. The fourth-order valence-corrected chi connectivity index (χ4v) is 2.27. The second kappa shape index (κ2) is 7.44. The van der Waals surface area contributed by atoms with Gasteiger partial charge in [-0.1, -0.05) is 29.8 Å². The first-order chi connectivity index (χ1) is 12.2. The number of nitrogens with one attached hydrogen (secondary N) is 2. The number of carbonyl (C=O) groups excluding carboxylic acids is 1. The Bertz CT molecular complexity index is 879. The van der Waals surface area contributed by atoms with Gasteiger partial charge in [0.05, 0.1) is 18.4 Å². The number of ether oxygens (including phenoxy) is 1. The van der Waals surface area contributed by atoms with Crippen molar-refractivity contribution in [1.29, 1.82) is 0 Å². The Hall–Kier alpha value is -3.41. The van der Waals surface area contributed by atoms with Crippen LogP contribution in [0.25, 0.3) is 0 Å². The van der Waals surface area contributed by atoms with Crippen LogP contribution in [0.2, 0.25) is 0 Å². The number of aryl methyl sites for hydroxylation is 1. The molecular formula is C19H18N4O2. The van der Waals surface area contributed by atoms with E-state index in [-0.39, 0.29) is 0 Å². The Morgan fingerprint density at radius 3 is 2.52 bits per heavy atom. The topological polar surface area (TPSA) is 76.1 Å². The molecule has 0 aliphatic rings. The van der Waals surface area contributed by atoms with E-state index >= 15 is 0 Å². The molecule has 0 aliphatic heterocycles. The van der Waals surface area contributed by atoms with Crippen LogP contribution in [0.15, 0.2) is 60.8 Å². The summed E-state index contributed by atoms with van der Waals surface area (Å²) in [6, 6.07) is 16.8. The van der Waals surface area contributed by atoms with Gasteiger partial charge in [-0.15, -0.1) is 0 Å². The Kier molecular flexibility index (Phi) is 4.89. The molecule has 0 amide bonds. The highest BCUT2D eigenvalue weighted by molar-refractivity contribution is 5.96. The van der Waals surface area contributed by atoms with Crippen molar-refractivity contribution in [1.82, 2.24) is 9.97 Å². The lowest BCUT2D eigenvalue weighted by molar-refractivity contribution is 0.0602. The zero-order valence-corrected chi connectivity index (χ0v) is 14.0. The maximum Gasteiger partial charge on any atom is 0.339 e. The number of rotatable bonds is 5. The molecule has 1 heterocycles. The van der Waals surface area contributed by atoms with Gasteiger partial charge in [0.2, 0.25) is 5.95 Å². The van der Waals surface area contributed by atoms with Crippen LogP contribution in [-0.2, 0) is 4.74 Å². The molecule has 25 heavy (non-hydrogen) atoms. The molecule has 3 aromatic rings. The normalized spacial score (nSPS) is 10.2. The molecule has 0 radical (unpaired) electrons. The van der Waals surface area contributed by atoms with Gasteiger partial charge in [-0.2, -0.15) is 4.98 Å². The second-order valence-corrected chi connectivity index (χ2v) is 5.42. The predicted octanol–water partition coefficient (Wildman–Crippen LogP) is 4.06. The summed E-state index contributed by atoms with van der Waals surface area (Å²) in [5.41, 5.74) is 3.14. The summed E-state index contributed by atoms with van der Waals surface area (Å²) in [6.07, 6.45) is 1.65. The van der Waals surface area contributed by atoms with Gasteiger partial charge in [0.1, 0.15) is 5.82 Å². The molecule has 0 atom stereocenters. The lowest BCUT2D eigenvalue weighted by atomic mass is 10.2. The van der Waals surface area contributed by atoms with Gasteiger partial charge < -0.3 is 15.4 Å². The molecule has 6 heteroatoms. The van der Waals surface area contributed by atoms with E-state index in [1.54, 1.807) is 30.5 Å². The molecule has 0 spiro atoms. The van der Waals surface area contributed by atoms with E-state index in [0.29, 0.717) is 23.0 Å². The van der Waals surface area contributed by atoms with Gasteiger partial charge in [0, 0.05) is 11.9 Å². The largest absolute Gasteiger partial charge is 0.465 e. The van der Waals surface area contributed by atoms with Gasteiger partial charge in [0.15, 0.2) is 0 Å². The number of anilines is 4. The Balaban J connectivity index is 1.81. The molecule has 2 N–H and O–H groups in total. The fourth-order valence-electron chi connectivity index (χ4n) is 2.27. The van der Waals surface area contributed by atoms with E-state index in [1.807, 2.05) is 37.3 Å². The van der Waals surface area contributed by atoms with Crippen LogP contribution < -0.4 is 10.6 Å². The Labute approximate surface area is 145 Å². The van der Waals surface area contributed by atoms with Gasteiger partial charge in [0.25, 0.3) is 0 Å². The standard InChI is InChI=1S/C19H18N4O2/c1-13-7-9-14(10-8-13)21-19-20-12-11-17(23-19)22-16-6-4-3-5-15(16)18(24)25-2/h3-12H,1-2H3,(H2,20,21,22,23). The summed E-state index contributed by atoms with van der Waals surface area (Å²) < 4.78 is 4.80. The minimum absolute atomic E-state index is 0.407. The molecule has 0 unspecified atom stereocenters. The van der Waals surface area contributed by atoms with Crippen LogP contribution in [0.4, 0.5) is 23.1 Å². The van der Waals surface area contributed by atoms with Crippen molar-refractivity contribution in [2.75, 3.05) is 17.7 Å². The molecule has 0 saturated heterocycles. The second-order valence-electron chi connectivity index (χ2n) is 5.42. The highest BCUT2D eigenvalue weighted by Crippen LogP contribution is 2.21. The highest BCUT2D eigenvalue weighted by Gasteiger charge is 2.11. The third-order valence-electron chi connectivity index (χ3n) is 3.56. The Morgan fingerprint density at radius 2 is 1.76 bits per heavy atom. The molecule has 0 aliphatic carbocycles. The molecule has 0 fully saturated rings. The predicted molar refractivity (Wildman–Crippen MR) is 97.6 cm³/mol. The minimum Gasteiger partial charge on any atom is -0.465 e. The lowest BCUT2D eigenvalue weighted by Crippen LogP contribution is -2.06. The quantitative estimate of drug-likeness (QED) is 0.685. The maximum atomic E-state index is 11.9. The van der Waals surface area contributed by atoms with E-state index in [2.05, 4.69) is 20.6 Å². The molecule has 6 nitrogen and oxygen atoms in total. The van der Waals surface area contributed by atoms with Crippen molar-refractivity contribution >= 4 is 29.1 Å². The first kappa shape index (κ1) is 16.4. The maximum absolute atomic E-state index is 11.9. The summed E-state index contributed by atoms with van der Waals surface area (Å²) in [6.45, 7) is 2.03. The first-order valence-corrected chi connectivity index (χ1v) is 7.77. The average Bonchev–Trinajstić information content (AvgIpc) is 2.64. The number of methoxy groups -OCH3 is 1. The van der Waals surface area contributed by atoms with Crippen molar-refractivity contribution in [3.8, 4) is 0 Å². The van der Waals surface area contributed by atoms with Crippen molar-refractivity contribution in [2.24, 2.45) is 0 Å². The number of para-hydroxylation sites is 1. The summed E-state index contributed by atoms with van der Waals surface area (Å²) in [5.74, 6) is 0.625. The first-order valence-electron chi connectivity index (χ1n) is 7.77. The van der Waals surface area contributed by atoms with Crippen molar-refractivity contribution in [3.63, 3.8) is 0 Å². The number of aromatic nitrogens is 2. The highest BCUT2D eigenvalue weighted by atomic mass is 16.5. The van der Waals surface area contributed by atoms with E-state index < -0.39 is 5.97 Å². The van der Waals surface area contributed by atoms with Crippen LogP contribution in [0.1, 0.15) is 15.9 Å². The van der Waals surface area contributed by atoms with Gasteiger partial charge in [-0.3, -0.25) is 0 Å². The third kappa shape index (κ3) is 4.11. The SMILES string of the molecule is COC(=O)c1ccccc1Nc1ccnc(Nc2ccc(C)cc2)n1. The molecule has 1 aromatic heterocycles. The molecular weight excluding hydrogens is 316 g/mol. The van der Waals surface area contributed by atoms with Crippen molar-refractivity contribution in [3.05, 3.63) is 71.9 Å². The monoisotopic (exact) mass is 334 g/mol. The molecule has 0 bridgehead atoms. The van der Waals surface area contributed by atoms with Crippen LogP contribution in [0.3, 0.4) is 0 Å². The fraction of sp³-hybridized carbons (Fsp3) is 0.105. The Morgan fingerprint density at radius 1 is 1.00 bits per heavy atom. The molecule has 0 saturated carbocycles. The van der Waals surface area contributed by atoms with Crippen molar-refractivity contribution in [2.45, 2.75) is 6.92 Å². The molecule has 2 aromatic carbocycles. The van der Waals surface area contributed by atoms with Gasteiger partial charge in [-0.05, 0) is 37.3 Å². The van der Waals surface area contributed by atoms with Crippen LogP contribution in [0, 0.1) is 6.92 Å². The number of esters is 1. The number of hydrogen-bond acceptors (Lipinski definition) is 6. The lowest BCUT2D eigenvalue weighted by Gasteiger charge is -2.11.